The molecule has 0 atom stereocenters. The number of aryl methyl sites for hydroxylation is 1. The quantitative estimate of drug-likeness (QED) is 0.797. The van der Waals surface area contributed by atoms with Gasteiger partial charge in [0, 0.05) is 5.39 Å². The van der Waals surface area contributed by atoms with Crippen molar-refractivity contribution in [2.45, 2.75) is 26.2 Å². The smallest absolute Gasteiger partial charge is 0.123 e. The molecule has 2 rings (SSSR count). The van der Waals surface area contributed by atoms with Crippen LogP contribution in [0.4, 0.5) is 0 Å². The molecule has 0 fully saturated rings. The lowest BCUT2D eigenvalue weighted by Crippen LogP contribution is -1.84. The summed E-state index contributed by atoms with van der Waals surface area (Å²) in [6, 6.07) is 12.0. The number of aromatic hydroxyl groups is 1. The number of unbranched alkanes of at least 4 members (excludes halogenated alkanes) is 1. The molecule has 0 heterocycles. The van der Waals surface area contributed by atoms with Crippen molar-refractivity contribution >= 4 is 10.8 Å². The number of hydrogen-bond acceptors (Lipinski definition) is 1. The Morgan fingerprint density at radius 3 is 2.80 bits per heavy atom. The molecule has 0 aromatic heterocycles. The second kappa shape index (κ2) is 4.35. The van der Waals surface area contributed by atoms with Crippen molar-refractivity contribution in [3.8, 4) is 5.75 Å². The third-order valence-corrected chi connectivity index (χ3v) is 2.74. The van der Waals surface area contributed by atoms with Gasteiger partial charge in [0.1, 0.15) is 5.75 Å². The fourth-order valence-electron chi connectivity index (χ4n) is 1.85. The lowest BCUT2D eigenvalue weighted by Gasteiger charge is -2.04. The van der Waals surface area contributed by atoms with Crippen LogP contribution in [0.25, 0.3) is 10.8 Å². The Morgan fingerprint density at radius 1 is 1.13 bits per heavy atom. The topological polar surface area (TPSA) is 20.2 Å². The highest BCUT2D eigenvalue weighted by Crippen LogP contribution is 2.25. The van der Waals surface area contributed by atoms with Gasteiger partial charge in [-0.1, -0.05) is 43.7 Å². The molecule has 0 radical (unpaired) electrons. The molecule has 0 saturated heterocycles. The van der Waals surface area contributed by atoms with Crippen LogP contribution in [0.2, 0.25) is 0 Å². The monoisotopic (exact) mass is 200 g/mol. The van der Waals surface area contributed by atoms with E-state index in [1.54, 1.807) is 6.07 Å². The number of rotatable bonds is 3. The van der Waals surface area contributed by atoms with Gasteiger partial charge in [0.05, 0.1) is 0 Å². The standard InChI is InChI=1S/C14H16O/c1-2-3-5-11-8-9-13-12(10-11)6-4-7-14(13)15/h4,6-10,15H,2-3,5H2,1H3. The van der Waals surface area contributed by atoms with Crippen LogP contribution in [0.15, 0.2) is 36.4 Å². The van der Waals surface area contributed by atoms with Gasteiger partial charge in [-0.2, -0.15) is 0 Å². The number of phenolic OH excluding ortho intramolecular Hbond substituents is 1. The Hall–Kier alpha value is -1.50. The largest absolute Gasteiger partial charge is 0.507 e. The predicted octanol–water partition coefficient (Wildman–Crippen LogP) is 3.89. The summed E-state index contributed by atoms with van der Waals surface area (Å²) in [5.41, 5.74) is 1.36. The van der Waals surface area contributed by atoms with Crippen molar-refractivity contribution in [2.75, 3.05) is 0 Å². The highest BCUT2D eigenvalue weighted by molar-refractivity contribution is 5.88. The Balaban J connectivity index is 2.39. The molecule has 0 unspecified atom stereocenters. The first-order chi connectivity index (χ1) is 7.31. The zero-order valence-corrected chi connectivity index (χ0v) is 9.03. The molecule has 0 amide bonds. The minimum Gasteiger partial charge on any atom is -0.507 e. The van der Waals surface area contributed by atoms with Crippen LogP contribution in [0.3, 0.4) is 0 Å². The van der Waals surface area contributed by atoms with Crippen LogP contribution >= 0.6 is 0 Å². The Kier molecular flexibility index (Phi) is 2.91. The fourth-order valence-corrected chi connectivity index (χ4v) is 1.85. The molecule has 0 bridgehead atoms. The average Bonchev–Trinajstić information content (AvgIpc) is 2.26. The molecule has 1 heteroatoms. The summed E-state index contributed by atoms with van der Waals surface area (Å²) in [6.07, 6.45) is 3.57. The van der Waals surface area contributed by atoms with Crippen molar-refractivity contribution in [3.05, 3.63) is 42.0 Å². The minimum absolute atomic E-state index is 0.370. The zero-order valence-electron chi connectivity index (χ0n) is 9.03. The van der Waals surface area contributed by atoms with Crippen LogP contribution in [-0.4, -0.2) is 5.11 Å². The van der Waals surface area contributed by atoms with Gasteiger partial charge in [-0.05, 0) is 29.9 Å². The molecule has 2 aromatic rings. The van der Waals surface area contributed by atoms with Gasteiger partial charge in [0.15, 0.2) is 0 Å². The third kappa shape index (κ3) is 2.12. The fraction of sp³-hybridized carbons (Fsp3) is 0.286. The van der Waals surface area contributed by atoms with E-state index in [1.807, 2.05) is 18.2 Å². The molecular weight excluding hydrogens is 184 g/mol. The van der Waals surface area contributed by atoms with Crippen molar-refractivity contribution in [3.63, 3.8) is 0 Å². The molecule has 78 valence electrons. The van der Waals surface area contributed by atoms with E-state index in [-0.39, 0.29) is 0 Å². The van der Waals surface area contributed by atoms with Crippen LogP contribution in [0.5, 0.6) is 5.75 Å². The summed E-state index contributed by atoms with van der Waals surface area (Å²) >= 11 is 0. The molecule has 1 nitrogen and oxygen atoms in total. The van der Waals surface area contributed by atoms with Gasteiger partial charge in [0.25, 0.3) is 0 Å². The number of fused-ring (bicyclic) bond motifs is 1. The summed E-state index contributed by atoms with van der Waals surface area (Å²) < 4.78 is 0. The lowest BCUT2D eigenvalue weighted by atomic mass is 10.0. The number of benzene rings is 2. The SMILES string of the molecule is CCCCc1ccc2c(O)cccc2c1. The van der Waals surface area contributed by atoms with Crippen molar-refractivity contribution < 1.29 is 5.11 Å². The van der Waals surface area contributed by atoms with Crippen LogP contribution in [-0.2, 0) is 6.42 Å². The highest BCUT2D eigenvalue weighted by Gasteiger charge is 1.99. The molecule has 0 aliphatic heterocycles. The molecule has 1 N–H and O–H groups in total. The van der Waals surface area contributed by atoms with E-state index < -0.39 is 0 Å². The van der Waals surface area contributed by atoms with Crippen molar-refractivity contribution in [2.24, 2.45) is 0 Å². The lowest BCUT2D eigenvalue weighted by molar-refractivity contribution is 0.481. The third-order valence-electron chi connectivity index (χ3n) is 2.74. The van der Waals surface area contributed by atoms with E-state index in [4.69, 9.17) is 0 Å². The van der Waals surface area contributed by atoms with Crippen LogP contribution in [0, 0.1) is 0 Å². The number of hydrogen-bond donors (Lipinski definition) is 1. The summed E-state index contributed by atoms with van der Waals surface area (Å²) in [5.74, 6) is 0.370. The first-order valence-electron chi connectivity index (χ1n) is 5.52. The van der Waals surface area contributed by atoms with Gasteiger partial charge in [-0.25, -0.2) is 0 Å². The van der Waals surface area contributed by atoms with Gasteiger partial charge < -0.3 is 5.11 Å². The van der Waals surface area contributed by atoms with E-state index in [1.165, 1.54) is 18.4 Å². The maximum absolute atomic E-state index is 9.64. The van der Waals surface area contributed by atoms with E-state index in [0.717, 1.165) is 17.2 Å². The van der Waals surface area contributed by atoms with Crippen molar-refractivity contribution in [1.82, 2.24) is 0 Å². The van der Waals surface area contributed by atoms with Crippen LogP contribution < -0.4 is 0 Å². The maximum atomic E-state index is 9.64. The van der Waals surface area contributed by atoms with Gasteiger partial charge in [0.2, 0.25) is 0 Å². The number of phenols is 1. The predicted molar refractivity (Wildman–Crippen MR) is 64.2 cm³/mol. The summed E-state index contributed by atoms with van der Waals surface area (Å²) in [6.45, 7) is 2.20. The Morgan fingerprint density at radius 2 is 2.00 bits per heavy atom. The summed E-state index contributed by atoms with van der Waals surface area (Å²) in [4.78, 5) is 0. The second-order valence-electron chi connectivity index (χ2n) is 3.94. The molecule has 0 spiro atoms. The molecule has 2 aromatic carbocycles. The van der Waals surface area contributed by atoms with Gasteiger partial charge in [-0.3, -0.25) is 0 Å². The molecule has 15 heavy (non-hydrogen) atoms. The zero-order chi connectivity index (χ0) is 10.7. The first kappa shape index (κ1) is 10.0. The van der Waals surface area contributed by atoms with E-state index in [9.17, 15) is 5.11 Å². The van der Waals surface area contributed by atoms with E-state index >= 15 is 0 Å². The van der Waals surface area contributed by atoms with Crippen molar-refractivity contribution in [1.29, 1.82) is 0 Å². The second-order valence-corrected chi connectivity index (χ2v) is 3.94. The van der Waals surface area contributed by atoms with Crippen LogP contribution in [0.1, 0.15) is 25.3 Å². The van der Waals surface area contributed by atoms with E-state index in [0.29, 0.717) is 5.75 Å². The highest BCUT2D eigenvalue weighted by atomic mass is 16.3. The Labute approximate surface area is 90.4 Å². The Bertz CT molecular complexity index is 460. The molecule has 0 aliphatic carbocycles. The first-order valence-corrected chi connectivity index (χ1v) is 5.52. The van der Waals surface area contributed by atoms with Gasteiger partial charge in [-0.15, -0.1) is 0 Å². The normalized spacial score (nSPS) is 10.7. The molecule has 0 saturated carbocycles. The minimum atomic E-state index is 0.370. The molecule has 0 aliphatic rings. The summed E-state index contributed by atoms with van der Waals surface area (Å²) in [5, 5.41) is 11.7. The maximum Gasteiger partial charge on any atom is 0.123 e. The van der Waals surface area contributed by atoms with E-state index in [2.05, 4.69) is 19.1 Å². The average molecular weight is 200 g/mol. The van der Waals surface area contributed by atoms with Gasteiger partial charge >= 0.3 is 0 Å². The summed E-state index contributed by atoms with van der Waals surface area (Å²) in [7, 11) is 0. The molecular formula is C14H16O.